The first-order valence-corrected chi connectivity index (χ1v) is 13.2. The number of benzene rings is 1. The molecule has 1 saturated heterocycles. The molecule has 1 aliphatic heterocycles. The van der Waals surface area contributed by atoms with E-state index in [1.807, 2.05) is 18.7 Å². The molecule has 37 heavy (non-hydrogen) atoms. The number of carbonyl (C=O) groups excluding carboxylic acids is 1. The fraction of sp³-hybridized carbons (Fsp3) is 0.346. The first-order chi connectivity index (χ1) is 17.4. The van der Waals surface area contributed by atoms with Crippen molar-refractivity contribution in [2.24, 2.45) is 10.9 Å². The van der Waals surface area contributed by atoms with Crippen LogP contribution in [-0.2, 0) is 21.4 Å². The van der Waals surface area contributed by atoms with Gasteiger partial charge < -0.3 is 10.2 Å². The number of halogens is 2. The Morgan fingerprint density at radius 3 is 2.51 bits per heavy atom. The third kappa shape index (κ3) is 6.79. The summed E-state index contributed by atoms with van der Waals surface area (Å²) in [5.74, 6) is -1.50. The van der Waals surface area contributed by atoms with Crippen molar-refractivity contribution in [2.45, 2.75) is 51.2 Å². The molecule has 2 aromatic rings. The van der Waals surface area contributed by atoms with Gasteiger partial charge in [-0.15, -0.1) is 0 Å². The van der Waals surface area contributed by atoms with E-state index in [0.717, 1.165) is 24.6 Å². The maximum absolute atomic E-state index is 13.4. The summed E-state index contributed by atoms with van der Waals surface area (Å²) in [5, 5.41) is 2.42. The predicted octanol–water partition coefficient (Wildman–Crippen LogP) is 4.39. The van der Waals surface area contributed by atoms with Crippen molar-refractivity contribution in [1.29, 1.82) is 0 Å². The summed E-state index contributed by atoms with van der Waals surface area (Å²) in [6, 6.07) is 7.22. The largest absolute Gasteiger partial charge is 0.366 e. The Morgan fingerprint density at radius 2 is 1.95 bits per heavy atom. The van der Waals surface area contributed by atoms with E-state index in [1.54, 1.807) is 13.1 Å². The average Bonchev–Trinajstić information content (AvgIpc) is 3.08. The lowest BCUT2D eigenvalue weighted by molar-refractivity contribution is -0.115. The Hall–Kier alpha value is -3.60. The van der Waals surface area contributed by atoms with E-state index >= 15 is 0 Å². The number of aromatic nitrogens is 1. The minimum atomic E-state index is -4.37. The van der Waals surface area contributed by atoms with E-state index in [0.29, 0.717) is 23.8 Å². The molecule has 0 bridgehead atoms. The van der Waals surface area contributed by atoms with Crippen molar-refractivity contribution >= 4 is 28.0 Å². The topological polar surface area (TPSA) is 104 Å². The lowest BCUT2D eigenvalue weighted by Gasteiger charge is -2.34. The van der Waals surface area contributed by atoms with Gasteiger partial charge in [0, 0.05) is 30.9 Å². The lowest BCUT2D eigenvalue weighted by Crippen LogP contribution is -2.40. The number of likely N-dealkylation sites (tertiary alicyclic amines) is 1. The smallest absolute Gasteiger partial charge is 0.281 e. The molecule has 1 aliphatic rings. The van der Waals surface area contributed by atoms with Crippen molar-refractivity contribution in [2.75, 3.05) is 11.9 Å². The molecule has 198 valence electrons. The molecule has 2 heterocycles. The van der Waals surface area contributed by atoms with Gasteiger partial charge in [-0.05, 0) is 62.9 Å². The zero-order valence-corrected chi connectivity index (χ0v) is 22.1. The summed E-state index contributed by atoms with van der Waals surface area (Å²) in [7, 11) is -4.37. The van der Waals surface area contributed by atoms with Crippen LogP contribution in [0.2, 0.25) is 0 Å². The maximum Gasteiger partial charge on any atom is 0.281 e. The molecule has 0 saturated carbocycles. The van der Waals surface area contributed by atoms with Crippen LogP contribution in [0.1, 0.15) is 39.7 Å². The SMILES string of the molecule is C=C/C(C(=O)NS(=O)(=O)c1cccc(NCc2cc(F)cc(F)c2)n1)=C(\N=CC)N1CC(C)CC1(C)C. The van der Waals surface area contributed by atoms with Crippen LogP contribution in [0.4, 0.5) is 14.6 Å². The van der Waals surface area contributed by atoms with E-state index in [1.165, 1.54) is 24.3 Å². The minimum absolute atomic E-state index is 0.00329. The number of nitrogens with one attached hydrogen (secondary N) is 2. The fourth-order valence-electron chi connectivity index (χ4n) is 4.45. The van der Waals surface area contributed by atoms with Gasteiger partial charge in [0.2, 0.25) is 0 Å². The highest BCUT2D eigenvalue weighted by Gasteiger charge is 2.39. The summed E-state index contributed by atoms with van der Waals surface area (Å²) in [5.41, 5.74) is 0.0388. The quantitative estimate of drug-likeness (QED) is 0.283. The maximum atomic E-state index is 13.4. The molecule has 1 atom stereocenters. The van der Waals surface area contributed by atoms with Crippen LogP contribution in [-0.4, -0.2) is 42.5 Å². The van der Waals surface area contributed by atoms with Gasteiger partial charge in [0.05, 0.1) is 5.57 Å². The Kier molecular flexibility index (Phi) is 8.47. The number of sulfonamides is 1. The van der Waals surface area contributed by atoms with Crippen LogP contribution in [0, 0.1) is 17.6 Å². The second kappa shape index (κ2) is 11.2. The van der Waals surface area contributed by atoms with E-state index in [4.69, 9.17) is 0 Å². The van der Waals surface area contributed by atoms with Crippen molar-refractivity contribution in [3.63, 3.8) is 0 Å². The molecule has 0 aliphatic carbocycles. The molecule has 1 unspecified atom stereocenters. The van der Waals surface area contributed by atoms with Gasteiger partial charge in [0.15, 0.2) is 5.03 Å². The lowest BCUT2D eigenvalue weighted by atomic mass is 9.97. The molecule has 1 amide bonds. The molecule has 8 nitrogen and oxygen atoms in total. The summed E-state index contributed by atoms with van der Waals surface area (Å²) in [6.45, 7) is 12.3. The summed E-state index contributed by atoms with van der Waals surface area (Å²) in [6.07, 6.45) is 3.71. The third-order valence-electron chi connectivity index (χ3n) is 5.89. The van der Waals surface area contributed by atoms with Crippen molar-refractivity contribution in [3.8, 4) is 0 Å². The summed E-state index contributed by atoms with van der Waals surface area (Å²) < 4.78 is 55.0. The molecular formula is C26H31F2N5O3S. The zero-order chi connectivity index (χ0) is 27.4. The van der Waals surface area contributed by atoms with Crippen molar-refractivity contribution in [3.05, 3.63) is 77.6 Å². The van der Waals surface area contributed by atoms with E-state index in [2.05, 4.69) is 33.5 Å². The second-order valence-corrected chi connectivity index (χ2v) is 11.1. The predicted molar refractivity (Wildman–Crippen MR) is 139 cm³/mol. The highest BCUT2D eigenvalue weighted by Crippen LogP contribution is 2.37. The highest BCUT2D eigenvalue weighted by atomic mass is 32.2. The Labute approximate surface area is 216 Å². The van der Waals surface area contributed by atoms with Gasteiger partial charge in [-0.3, -0.25) is 4.79 Å². The summed E-state index contributed by atoms with van der Waals surface area (Å²) in [4.78, 5) is 23.6. The molecule has 0 spiro atoms. The number of pyridine rings is 1. The van der Waals surface area contributed by atoms with Crippen LogP contribution in [0.5, 0.6) is 0 Å². The fourth-order valence-corrected chi connectivity index (χ4v) is 5.38. The van der Waals surface area contributed by atoms with E-state index < -0.39 is 32.6 Å². The first kappa shape index (κ1) is 28.0. The van der Waals surface area contributed by atoms with Gasteiger partial charge in [-0.2, -0.15) is 8.42 Å². The molecule has 11 heteroatoms. The summed E-state index contributed by atoms with van der Waals surface area (Å²) >= 11 is 0. The zero-order valence-electron chi connectivity index (χ0n) is 21.3. The number of rotatable bonds is 9. The Bertz CT molecular complexity index is 1340. The second-order valence-electron chi connectivity index (χ2n) is 9.49. The van der Waals surface area contributed by atoms with Crippen LogP contribution >= 0.6 is 0 Å². The normalized spacial score (nSPS) is 18.0. The van der Waals surface area contributed by atoms with E-state index in [-0.39, 0.29) is 23.5 Å². The molecule has 1 aromatic carbocycles. The minimum Gasteiger partial charge on any atom is -0.366 e. The third-order valence-corrected chi connectivity index (χ3v) is 7.12. The van der Waals surface area contributed by atoms with Gasteiger partial charge >= 0.3 is 0 Å². The molecule has 2 N–H and O–H groups in total. The van der Waals surface area contributed by atoms with Crippen molar-refractivity contribution < 1.29 is 22.0 Å². The molecule has 3 rings (SSSR count). The van der Waals surface area contributed by atoms with Gasteiger partial charge in [-0.25, -0.2) is 23.5 Å². The molecule has 0 radical (unpaired) electrons. The number of anilines is 1. The van der Waals surface area contributed by atoms with Crippen LogP contribution in [0.3, 0.4) is 0 Å². The Balaban J connectivity index is 1.84. The molecule has 1 fully saturated rings. The molecule has 1 aromatic heterocycles. The average molecular weight is 532 g/mol. The number of aliphatic imine (C=N–C) groups is 1. The van der Waals surface area contributed by atoms with Gasteiger partial charge in [0.25, 0.3) is 15.9 Å². The standard InChI is InChI=1S/C26H31F2N5O3S/c1-6-21(24(29-7-2)33-16-17(3)14-26(33,4)5)25(34)32-37(35,36)23-10-8-9-22(31-23)30-15-18-11-19(27)13-20(28)12-18/h6-13,17H,1,14-16H2,2-5H3,(H,30,31)(H,32,34)/b24-21-,29-7?. The number of hydrogen-bond acceptors (Lipinski definition) is 7. The molecular weight excluding hydrogens is 500 g/mol. The first-order valence-electron chi connectivity index (χ1n) is 11.7. The van der Waals surface area contributed by atoms with E-state index in [9.17, 15) is 22.0 Å². The number of nitrogens with zero attached hydrogens (tertiary/aromatic N) is 3. The van der Waals surface area contributed by atoms with Crippen molar-refractivity contribution in [1.82, 2.24) is 14.6 Å². The number of amides is 1. The monoisotopic (exact) mass is 531 g/mol. The highest BCUT2D eigenvalue weighted by molar-refractivity contribution is 7.90. The van der Waals surface area contributed by atoms with Gasteiger partial charge in [0.1, 0.15) is 23.3 Å². The van der Waals surface area contributed by atoms with Crippen LogP contribution in [0.15, 0.2) is 70.5 Å². The van der Waals surface area contributed by atoms with Crippen LogP contribution in [0.25, 0.3) is 0 Å². The van der Waals surface area contributed by atoms with Gasteiger partial charge in [-0.1, -0.05) is 25.6 Å². The van der Waals surface area contributed by atoms with Crippen LogP contribution < -0.4 is 10.0 Å². The Morgan fingerprint density at radius 1 is 1.27 bits per heavy atom. The number of hydrogen-bond donors (Lipinski definition) is 2. The number of carbonyl (C=O) groups is 1.